The molecular formula is C12H18N4O. The lowest BCUT2D eigenvalue weighted by Crippen LogP contribution is -2.44. The van der Waals surface area contributed by atoms with Crippen molar-refractivity contribution in [1.82, 2.24) is 19.8 Å². The zero-order valence-electron chi connectivity index (χ0n) is 9.93. The summed E-state index contributed by atoms with van der Waals surface area (Å²) in [6, 6.07) is 0. The van der Waals surface area contributed by atoms with Gasteiger partial charge in [0.15, 0.2) is 0 Å². The maximum absolute atomic E-state index is 12.3. The van der Waals surface area contributed by atoms with E-state index >= 15 is 0 Å². The number of rotatable bonds is 1. The van der Waals surface area contributed by atoms with E-state index in [9.17, 15) is 4.79 Å². The second-order valence-electron chi connectivity index (χ2n) is 4.82. The van der Waals surface area contributed by atoms with Gasteiger partial charge in [-0.1, -0.05) is 0 Å². The third-order valence-corrected chi connectivity index (χ3v) is 3.74. The fourth-order valence-corrected chi connectivity index (χ4v) is 2.69. The van der Waals surface area contributed by atoms with Crippen LogP contribution in [0.1, 0.15) is 18.7 Å². The largest absolute Gasteiger partial charge is 0.333 e. The molecule has 1 aromatic heterocycles. The molecule has 0 aromatic carbocycles. The summed E-state index contributed by atoms with van der Waals surface area (Å²) in [4.78, 5) is 18.6. The van der Waals surface area contributed by atoms with Crippen molar-refractivity contribution in [3.63, 3.8) is 0 Å². The van der Waals surface area contributed by atoms with Gasteiger partial charge in [-0.3, -0.25) is 4.79 Å². The van der Waals surface area contributed by atoms with Crippen molar-refractivity contribution in [2.45, 2.75) is 25.9 Å². The zero-order chi connectivity index (χ0) is 11.7. The van der Waals surface area contributed by atoms with Crippen molar-refractivity contribution < 1.29 is 4.79 Å². The number of nitrogens with one attached hydrogen (secondary N) is 1. The molecule has 2 aliphatic rings. The third kappa shape index (κ3) is 2.07. The van der Waals surface area contributed by atoms with Gasteiger partial charge in [-0.05, 0) is 25.9 Å². The highest BCUT2D eigenvalue weighted by molar-refractivity contribution is 5.79. The Labute approximate surface area is 101 Å². The molecule has 0 bridgehead atoms. The van der Waals surface area contributed by atoms with E-state index < -0.39 is 0 Å². The molecule has 5 nitrogen and oxygen atoms in total. The van der Waals surface area contributed by atoms with E-state index in [0.717, 1.165) is 44.8 Å². The molecule has 0 saturated carbocycles. The Balaban J connectivity index is 1.67. The van der Waals surface area contributed by atoms with E-state index in [4.69, 9.17) is 0 Å². The molecular weight excluding hydrogens is 216 g/mol. The predicted octanol–water partition coefficient (Wildman–Crippen LogP) is 0.225. The number of nitrogens with zero attached hydrogens (tertiary/aromatic N) is 3. The number of hydrogen-bond acceptors (Lipinski definition) is 3. The van der Waals surface area contributed by atoms with Crippen molar-refractivity contribution in [1.29, 1.82) is 0 Å². The van der Waals surface area contributed by atoms with Crippen molar-refractivity contribution in [3.8, 4) is 0 Å². The van der Waals surface area contributed by atoms with Crippen LogP contribution in [0.5, 0.6) is 0 Å². The predicted molar refractivity (Wildman–Crippen MR) is 63.2 cm³/mol. The monoisotopic (exact) mass is 234 g/mol. The third-order valence-electron chi connectivity index (χ3n) is 3.74. The number of piperidine rings is 1. The summed E-state index contributed by atoms with van der Waals surface area (Å²) in [5, 5.41) is 3.30. The first-order valence-corrected chi connectivity index (χ1v) is 6.34. The van der Waals surface area contributed by atoms with Crippen LogP contribution in [0.15, 0.2) is 12.4 Å². The highest BCUT2D eigenvalue weighted by Crippen LogP contribution is 2.18. The molecule has 3 rings (SSSR count). The van der Waals surface area contributed by atoms with Gasteiger partial charge in [0.1, 0.15) is 5.82 Å². The Hall–Kier alpha value is -1.36. The first kappa shape index (κ1) is 10.8. The summed E-state index contributed by atoms with van der Waals surface area (Å²) in [6.45, 7) is 4.33. The lowest BCUT2D eigenvalue weighted by molar-refractivity contribution is -0.137. The van der Waals surface area contributed by atoms with E-state index in [1.54, 1.807) is 0 Å². The fourth-order valence-electron chi connectivity index (χ4n) is 2.69. The zero-order valence-corrected chi connectivity index (χ0v) is 9.93. The number of carbonyl (C=O) groups excluding carboxylic acids is 1. The Morgan fingerprint density at radius 3 is 3.00 bits per heavy atom. The van der Waals surface area contributed by atoms with Gasteiger partial charge in [-0.2, -0.15) is 0 Å². The van der Waals surface area contributed by atoms with E-state index in [1.807, 2.05) is 17.3 Å². The Morgan fingerprint density at radius 1 is 1.35 bits per heavy atom. The molecule has 0 aliphatic carbocycles. The van der Waals surface area contributed by atoms with Crippen LogP contribution in [0.3, 0.4) is 0 Å². The molecule has 1 fully saturated rings. The second kappa shape index (κ2) is 4.49. The van der Waals surface area contributed by atoms with Gasteiger partial charge in [0.25, 0.3) is 0 Å². The summed E-state index contributed by atoms with van der Waals surface area (Å²) in [6.07, 6.45) is 5.75. The lowest BCUT2D eigenvalue weighted by Gasteiger charge is -2.32. The molecule has 17 heavy (non-hydrogen) atoms. The maximum atomic E-state index is 12.3. The molecule has 0 spiro atoms. The van der Waals surface area contributed by atoms with E-state index in [-0.39, 0.29) is 5.92 Å². The standard InChI is InChI=1S/C12H18N4O/c17-12(10-1-3-13-4-2-10)16-8-7-15-6-5-14-11(15)9-16/h5-6,10,13H,1-4,7-9H2. The molecule has 1 N–H and O–H groups in total. The summed E-state index contributed by atoms with van der Waals surface area (Å²) in [5.74, 6) is 1.55. The van der Waals surface area contributed by atoms with Crippen LogP contribution in [0.25, 0.3) is 0 Å². The summed E-state index contributed by atoms with van der Waals surface area (Å²) in [5.41, 5.74) is 0. The summed E-state index contributed by atoms with van der Waals surface area (Å²) < 4.78 is 2.13. The highest BCUT2D eigenvalue weighted by atomic mass is 16.2. The number of fused-ring (bicyclic) bond motifs is 1. The number of carbonyl (C=O) groups is 1. The molecule has 1 saturated heterocycles. The molecule has 0 unspecified atom stereocenters. The Morgan fingerprint density at radius 2 is 2.18 bits per heavy atom. The SMILES string of the molecule is O=C(C1CCNCC1)N1CCn2ccnc2C1. The molecule has 0 radical (unpaired) electrons. The molecule has 92 valence electrons. The van der Waals surface area contributed by atoms with Gasteiger partial charge in [-0.25, -0.2) is 4.98 Å². The van der Waals surface area contributed by atoms with Crippen molar-refractivity contribution in [2.24, 2.45) is 5.92 Å². The first-order valence-electron chi connectivity index (χ1n) is 6.34. The van der Waals surface area contributed by atoms with E-state index in [2.05, 4.69) is 14.9 Å². The molecule has 1 aromatic rings. The smallest absolute Gasteiger partial charge is 0.226 e. The maximum Gasteiger partial charge on any atom is 0.226 e. The minimum absolute atomic E-state index is 0.220. The van der Waals surface area contributed by atoms with Crippen molar-refractivity contribution in [2.75, 3.05) is 19.6 Å². The van der Waals surface area contributed by atoms with Gasteiger partial charge in [-0.15, -0.1) is 0 Å². The highest BCUT2D eigenvalue weighted by Gasteiger charge is 2.28. The van der Waals surface area contributed by atoms with Crippen LogP contribution < -0.4 is 5.32 Å². The van der Waals surface area contributed by atoms with Crippen LogP contribution >= 0.6 is 0 Å². The molecule has 0 atom stereocenters. The van der Waals surface area contributed by atoms with Crippen LogP contribution in [0.2, 0.25) is 0 Å². The van der Waals surface area contributed by atoms with E-state index in [0.29, 0.717) is 12.5 Å². The topological polar surface area (TPSA) is 50.2 Å². The van der Waals surface area contributed by atoms with Crippen molar-refractivity contribution in [3.05, 3.63) is 18.2 Å². The second-order valence-corrected chi connectivity index (χ2v) is 4.82. The van der Waals surface area contributed by atoms with Gasteiger partial charge in [0.05, 0.1) is 6.54 Å². The molecule has 5 heteroatoms. The fraction of sp³-hybridized carbons (Fsp3) is 0.667. The normalized spacial score (nSPS) is 21.3. The summed E-state index contributed by atoms with van der Waals surface area (Å²) >= 11 is 0. The van der Waals surface area contributed by atoms with Gasteiger partial charge < -0.3 is 14.8 Å². The van der Waals surface area contributed by atoms with Crippen LogP contribution in [0, 0.1) is 5.92 Å². The first-order chi connectivity index (χ1) is 8.34. The van der Waals surface area contributed by atoms with Gasteiger partial charge in [0, 0.05) is 31.4 Å². The van der Waals surface area contributed by atoms with Crippen molar-refractivity contribution >= 4 is 5.91 Å². The summed E-state index contributed by atoms with van der Waals surface area (Å²) in [7, 11) is 0. The number of aromatic nitrogens is 2. The number of hydrogen-bond donors (Lipinski definition) is 1. The minimum atomic E-state index is 0.220. The van der Waals surface area contributed by atoms with Crippen LogP contribution in [0.4, 0.5) is 0 Å². The lowest BCUT2D eigenvalue weighted by atomic mass is 9.96. The minimum Gasteiger partial charge on any atom is -0.333 e. The Kier molecular flexibility index (Phi) is 2.84. The Bertz CT molecular complexity index is 408. The van der Waals surface area contributed by atoms with Crippen LogP contribution in [-0.2, 0) is 17.9 Å². The van der Waals surface area contributed by atoms with Gasteiger partial charge in [0.2, 0.25) is 5.91 Å². The molecule has 2 aliphatic heterocycles. The van der Waals surface area contributed by atoms with Gasteiger partial charge >= 0.3 is 0 Å². The number of imidazole rings is 1. The average Bonchev–Trinajstić information content (AvgIpc) is 2.86. The van der Waals surface area contributed by atoms with E-state index in [1.165, 1.54) is 0 Å². The molecule has 3 heterocycles. The molecule has 1 amide bonds. The number of amides is 1. The quantitative estimate of drug-likeness (QED) is 0.756. The average molecular weight is 234 g/mol. The van der Waals surface area contributed by atoms with Crippen LogP contribution in [-0.4, -0.2) is 40.0 Å².